The Labute approximate surface area is 156 Å². The molecular weight excluding hydrogens is 348 g/mol. The zero-order chi connectivity index (χ0) is 17.2. The molecule has 1 aliphatic rings. The van der Waals surface area contributed by atoms with Crippen LogP contribution in [-0.4, -0.2) is 22.7 Å². The minimum atomic E-state index is 0.238. The molecule has 0 fully saturated rings. The largest absolute Gasteiger partial charge is 0.309 e. The number of para-hydroxylation sites is 2. The Morgan fingerprint density at radius 1 is 1.24 bits per heavy atom. The maximum atomic E-state index is 12.7. The van der Waals surface area contributed by atoms with Crippen molar-refractivity contribution in [1.29, 1.82) is 0 Å². The number of amides is 1. The summed E-state index contributed by atoms with van der Waals surface area (Å²) in [5.41, 5.74) is 3.44. The molecule has 0 spiro atoms. The fraction of sp³-hybridized carbons (Fsp3) is 0.300. The van der Waals surface area contributed by atoms with Gasteiger partial charge in [0.1, 0.15) is 0 Å². The van der Waals surface area contributed by atoms with Crippen molar-refractivity contribution < 1.29 is 4.79 Å². The van der Waals surface area contributed by atoms with Crippen LogP contribution in [-0.2, 0) is 11.2 Å². The minimum absolute atomic E-state index is 0.238. The van der Waals surface area contributed by atoms with Crippen LogP contribution in [0.5, 0.6) is 0 Å². The van der Waals surface area contributed by atoms with Crippen molar-refractivity contribution in [3.8, 4) is 0 Å². The van der Waals surface area contributed by atoms with E-state index < -0.39 is 0 Å². The van der Waals surface area contributed by atoms with Gasteiger partial charge in [0.2, 0.25) is 5.91 Å². The van der Waals surface area contributed by atoms with Gasteiger partial charge in [-0.2, -0.15) is 0 Å². The van der Waals surface area contributed by atoms with Crippen LogP contribution in [0.1, 0.15) is 25.3 Å². The maximum Gasteiger partial charge on any atom is 0.227 e. The van der Waals surface area contributed by atoms with Crippen LogP contribution in [0, 0.1) is 0 Å². The molecular formula is C20H20N2OS2. The van der Waals surface area contributed by atoms with E-state index in [0.717, 1.165) is 34.1 Å². The predicted octanol–water partition coefficient (Wildman–Crippen LogP) is 5.15. The highest BCUT2D eigenvalue weighted by Gasteiger charge is 2.29. The fourth-order valence-corrected chi connectivity index (χ4v) is 5.44. The molecule has 25 heavy (non-hydrogen) atoms. The van der Waals surface area contributed by atoms with Crippen molar-refractivity contribution in [3.63, 3.8) is 0 Å². The Balaban J connectivity index is 1.32. The minimum Gasteiger partial charge on any atom is -0.309 e. The van der Waals surface area contributed by atoms with Gasteiger partial charge in [-0.1, -0.05) is 42.1 Å². The first kappa shape index (κ1) is 16.6. The second-order valence-corrected chi connectivity index (χ2v) is 8.72. The van der Waals surface area contributed by atoms with E-state index in [2.05, 4.69) is 30.1 Å². The third kappa shape index (κ3) is 3.44. The molecule has 128 valence electrons. The zero-order valence-electron chi connectivity index (χ0n) is 14.1. The topological polar surface area (TPSA) is 33.2 Å². The summed E-state index contributed by atoms with van der Waals surface area (Å²) in [5.74, 6) is 1.16. The van der Waals surface area contributed by atoms with Gasteiger partial charge in [0.15, 0.2) is 4.34 Å². The molecule has 5 heteroatoms. The molecule has 1 aliphatic heterocycles. The van der Waals surface area contributed by atoms with Gasteiger partial charge in [-0.25, -0.2) is 4.98 Å². The van der Waals surface area contributed by atoms with Crippen molar-refractivity contribution in [2.75, 3.05) is 10.7 Å². The second-order valence-electron chi connectivity index (χ2n) is 6.35. The first-order valence-electron chi connectivity index (χ1n) is 8.61. The number of hydrogen-bond donors (Lipinski definition) is 0. The van der Waals surface area contributed by atoms with Gasteiger partial charge in [-0.15, -0.1) is 11.3 Å². The molecule has 3 nitrogen and oxygen atoms in total. The zero-order valence-corrected chi connectivity index (χ0v) is 15.8. The fourth-order valence-electron chi connectivity index (χ4n) is 3.36. The van der Waals surface area contributed by atoms with Gasteiger partial charge in [0.25, 0.3) is 0 Å². The first-order valence-corrected chi connectivity index (χ1v) is 10.4. The summed E-state index contributed by atoms with van der Waals surface area (Å²) in [6.45, 7) is 2.13. The SMILES string of the molecule is CC1Cc2ccccc2N1C(=O)CCCSc1nc2ccccc2s1. The number of nitrogens with zero attached hydrogens (tertiary/aromatic N) is 2. The molecule has 1 atom stereocenters. The first-order chi connectivity index (χ1) is 12.2. The van der Waals surface area contributed by atoms with E-state index in [9.17, 15) is 4.79 Å². The lowest BCUT2D eigenvalue weighted by Crippen LogP contribution is -2.35. The highest BCUT2D eigenvalue weighted by Crippen LogP contribution is 2.33. The van der Waals surface area contributed by atoms with Crippen LogP contribution in [0.4, 0.5) is 5.69 Å². The molecule has 1 unspecified atom stereocenters. The Hall–Kier alpha value is -1.85. The van der Waals surface area contributed by atoms with Gasteiger partial charge in [0.05, 0.1) is 10.2 Å². The molecule has 0 bridgehead atoms. The summed E-state index contributed by atoms with van der Waals surface area (Å²) in [4.78, 5) is 19.3. The second kappa shape index (κ2) is 7.18. The normalized spacial score (nSPS) is 16.4. The summed E-state index contributed by atoms with van der Waals surface area (Å²) in [6, 6.07) is 16.7. The van der Waals surface area contributed by atoms with E-state index in [4.69, 9.17) is 0 Å². The van der Waals surface area contributed by atoms with Crippen LogP contribution in [0.3, 0.4) is 0 Å². The van der Waals surface area contributed by atoms with Crippen LogP contribution < -0.4 is 4.90 Å². The van der Waals surface area contributed by atoms with Crippen molar-refractivity contribution in [1.82, 2.24) is 4.98 Å². The number of carbonyl (C=O) groups excluding carboxylic acids is 1. The number of anilines is 1. The lowest BCUT2D eigenvalue weighted by molar-refractivity contribution is -0.118. The number of fused-ring (bicyclic) bond motifs is 2. The van der Waals surface area contributed by atoms with Crippen molar-refractivity contribution in [2.45, 2.75) is 36.6 Å². The van der Waals surface area contributed by atoms with E-state index in [1.54, 1.807) is 23.1 Å². The molecule has 3 aromatic rings. The Morgan fingerprint density at radius 2 is 2.04 bits per heavy atom. The molecule has 2 heterocycles. The number of thiazole rings is 1. The molecule has 4 rings (SSSR count). The predicted molar refractivity (Wildman–Crippen MR) is 107 cm³/mol. The quantitative estimate of drug-likeness (QED) is 0.461. The average molecular weight is 369 g/mol. The summed E-state index contributed by atoms with van der Waals surface area (Å²) in [7, 11) is 0. The third-order valence-electron chi connectivity index (χ3n) is 4.51. The number of hydrogen-bond acceptors (Lipinski definition) is 4. The van der Waals surface area contributed by atoms with Crippen molar-refractivity contribution >= 4 is 44.9 Å². The Bertz CT molecular complexity index is 872. The van der Waals surface area contributed by atoms with E-state index in [1.807, 2.05) is 35.2 Å². The van der Waals surface area contributed by atoms with Crippen LogP contribution in [0.2, 0.25) is 0 Å². The molecule has 0 saturated carbocycles. The lowest BCUT2D eigenvalue weighted by atomic mass is 10.1. The Kier molecular flexibility index (Phi) is 4.77. The molecule has 1 amide bonds. The number of benzene rings is 2. The smallest absolute Gasteiger partial charge is 0.227 e. The Morgan fingerprint density at radius 3 is 2.92 bits per heavy atom. The standard InChI is InChI=1S/C20H20N2OS2/c1-14-13-15-7-2-4-9-17(15)22(14)19(23)11-6-12-24-20-21-16-8-3-5-10-18(16)25-20/h2-5,7-10,14H,6,11-13H2,1H3. The molecule has 0 aliphatic carbocycles. The number of thioether (sulfide) groups is 1. The molecule has 0 N–H and O–H groups in total. The lowest BCUT2D eigenvalue weighted by Gasteiger charge is -2.22. The van der Waals surface area contributed by atoms with Crippen LogP contribution >= 0.6 is 23.1 Å². The van der Waals surface area contributed by atoms with Crippen LogP contribution in [0.25, 0.3) is 10.2 Å². The monoisotopic (exact) mass is 368 g/mol. The third-order valence-corrected chi connectivity index (χ3v) is 6.78. The summed E-state index contributed by atoms with van der Waals surface area (Å²) in [6.07, 6.45) is 2.43. The highest BCUT2D eigenvalue weighted by atomic mass is 32.2. The number of aromatic nitrogens is 1. The van der Waals surface area contributed by atoms with Crippen LogP contribution in [0.15, 0.2) is 52.9 Å². The van der Waals surface area contributed by atoms with Crippen molar-refractivity contribution in [2.24, 2.45) is 0 Å². The van der Waals surface area contributed by atoms with Gasteiger partial charge >= 0.3 is 0 Å². The summed E-state index contributed by atoms with van der Waals surface area (Å²) < 4.78 is 2.32. The van der Waals surface area contributed by atoms with Crippen molar-refractivity contribution in [3.05, 3.63) is 54.1 Å². The van der Waals surface area contributed by atoms with E-state index in [1.165, 1.54) is 10.3 Å². The van der Waals surface area contributed by atoms with E-state index in [-0.39, 0.29) is 11.9 Å². The molecule has 1 aromatic heterocycles. The highest BCUT2D eigenvalue weighted by molar-refractivity contribution is 8.01. The van der Waals surface area contributed by atoms with E-state index >= 15 is 0 Å². The van der Waals surface area contributed by atoms with Gasteiger partial charge in [0, 0.05) is 23.9 Å². The number of rotatable bonds is 5. The molecule has 2 aromatic carbocycles. The van der Waals surface area contributed by atoms with Gasteiger partial charge < -0.3 is 4.90 Å². The summed E-state index contributed by atoms with van der Waals surface area (Å²) >= 11 is 3.48. The molecule has 0 radical (unpaired) electrons. The van der Waals surface area contributed by atoms with E-state index in [0.29, 0.717) is 6.42 Å². The van der Waals surface area contributed by atoms with Gasteiger partial charge in [-0.3, -0.25) is 4.79 Å². The summed E-state index contributed by atoms with van der Waals surface area (Å²) in [5, 5.41) is 0. The average Bonchev–Trinajstić information content (AvgIpc) is 3.17. The maximum absolute atomic E-state index is 12.7. The number of carbonyl (C=O) groups is 1. The van der Waals surface area contributed by atoms with Gasteiger partial charge in [-0.05, 0) is 43.5 Å². The molecule has 0 saturated heterocycles.